The SMILES string of the molecule is CO/N=C(/Br)C12CCCN(CC1)C2. The van der Waals surface area contributed by atoms with Crippen LogP contribution in [0.2, 0.25) is 0 Å². The van der Waals surface area contributed by atoms with Crippen LogP contribution in [0.1, 0.15) is 19.3 Å². The molecular formula is C9H15BrN2O. The second-order valence-corrected chi connectivity index (χ2v) is 4.73. The highest BCUT2D eigenvalue weighted by atomic mass is 79.9. The predicted octanol–water partition coefficient (Wildman–Crippen LogP) is 1.83. The van der Waals surface area contributed by atoms with Crippen molar-refractivity contribution in [1.82, 2.24) is 4.90 Å². The number of nitrogens with zero attached hydrogens (tertiary/aromatic N) is 2. The quantitative estimate of drug-likeness (QED) is 0.549. The van der Waals surface area contributed by atoms with E-state index in [0.717, 1.165) is 11.2 Å². The van der Waals surface area contributed by atoms with Crippen molar-refractivity contribution >= 4 is 20.6 Å². The molecule has 2 heterocycles. The second kappa shape index (κ2) is 3.58. The molecule has 4 heteroatoms. The number of halogens is 1. The molecule has 0 aromatic heterocycles. The zero-order chi connectivity index (χ0) is 9.31. The van der Waals surface area contributed by atoms with E-state index in [2.05, 4.69) is 26.0 Å². The predicted molar refractivity (Wildman–Crippen MR) is 56.1 cm³/mol. The van der Waals surface area contributed by atoms with Gasteiger partial charge < -0.3 is 9.74 Å². The summed E-state index contributed by atoms with van der Waals surface area (Å²) in [6.07, 6.45) is 3.76. The molecule has 2 rings (SSSR count). The fourth-order valence-corrected chi connectivity index (χ4v) is 3.11. The van der Waals surface area contributed by atoms with Gasteiger partial charge in [0.1, 0.15) is 11.7 Å². The highest BCUT2D eigenvalue weighted by Gasteiger charge is 2.44. The smallest absolute Gasteiger partial charge is 0.130 e. The van der Waals surface area contributed by atoms with E-state index in [1.165, 1.54) is 32.4 Å². The Hall–Kier alpha value is -0.0900. The molecule has 2 aliphatic heterocycles. The van der Waals surface area contributed by atoms with Gasteiger partial charge in [0.05, 0.1) is 0 Å². The molecule has 0 radical (unpaired) electrons. The maximum atomic E-state index is 4.82. The molecule has 2 bridgehead atoms. The molecule has 0 amide bonds. The summed E-state index contributed by atoms with van der Waals surface area (Å²) in [5.41, 5.74) is 0.272. The van der Waals surface area contributed by atoms with Gasteiger partial charge in [0.15, 0.2) is 0 Å². The van der Waals surface area contributed by atoms with Gasteiger partial charge in [-0.3, -0.25) is 0 Å². The van der Waals surface area contributed by atoms with Crippen LogP contribution in [0.5, 0.6) is 0 Å². The Kier molecular flexibility index (Phi) is 2.60. The molecule has 2 fully saturated rings. The van der Waals surface area contributed by atoms with E-state index in [9.17, 15) is 0 Å². The third-order valence-electron chi connectivity index (χ3n) is 3.17. The highest BCUT2D eigenvalue weighted by molar-refractivity contribution is 9.18. The van der Waals surface area contributed by atoms with Gasteiger partial charge in [-0.15, -0.1) is 0 Å². The summed E-state index contributed by atoms with van der Waals surface area (Å²) in [6.45, 7) is 3.63. The van der Waals surface area contributed by atoms with Crippen LogP contribution in [0, 0.1) is 5.41 Å². The van der Waals surface area contributed by atoms with Crippen molar-refractivity contribution in [2.24, 2.45) is 10.6 Å². The molecule has 0 spiro atoms. The van der Waals surface area contributed by atoms with Crippen molar-refractivity contribution in [2.75, 3.05) is 26.7 Å². The van der Waals surface area contributed by atoms with Crippen LogP contribution >= 0.6 is 15.9 Å². The monoisotopic (exact) mass is 246 g/mol. The number of fused-ring (bicyclic) bond motifs is 2. The number of rotatable bonds is 2. The van der Waals surface area contributed by atoms with Gasteiger partial charge >= 0.3 is 0 Å². The summed E-state index contributed by atoms with van der Waals surface area (Å²) < 4.78 is 1.00. The lowest BCUT2D eigenvalue weighted by molar-refractivity contribution is 0.199. The third-order valence-corrected chi connectivity index (χ3v) is 4.16. The van der Waals surface area contributed by atoms with E-state index >= 15 is 0 Å². The van der Waals surface area contributed by atoms with E-state index in [1.807, 2.05) is 0 Å². The maximum absolute atomic E-state index is 4.82. The maximum Gasteiger partial charge on any atom is 0.130 e. The molecule has 3 nitrogen and oxygen atoms in total. The van der Waals surface area contributed by atoms with Crippen LogP contribution in [-0.4, -0.2) is 36.3 Å². The molecule has 2 aliphatic rings. The fourth-order valence-electron chi connectivity index (χ4n) is 2.44. The molecule has 0 aliphatic carbocycles. The molecular weight excluding hydrogens is 232 g/mol. The van der Waals surface area contributed by atoms with Crippen molar-refractivity contribution in [3.8, 4) is 0 Å². The van der Waals surface area contributed by atoms with Crippen LogP contribution in [0.4, 0.5) is 0 Å². The Labute approximate surface area is 87.2 Å². The van der Waals surface area contributed by atoms with Gasteiger partial charge in [0.25, 0.3) is 0 Å². The molecule has 0 saturated carbocycles. The minimum Gasteiger partial charge on any atom is -0.398 e. The first kappa shape index (κ1) is 9.46. The summed E-state index contributed by atoms with van der Waals surface area (Å²) in [6, 6.07) is 0. The summed E-state index contributed by atoms with van der Waals surface area (Å²) in [4.78, 5) is 7.33. The first-order chi connectivity index (χ1) is 6.27. The standard InChI is InChI=1S/C9H15BrN2O/c1-13-11-8(10)9-3-2-5-12(7-9)6-4-9/h2-7H2,1H3/b11-8+. The largest absolute Gasteiger partial charge is 0.398 e. The lowest BCUT2D eigenvalue weighted by Gasteiger charge is -2.32. The number of piperidine rings is 1. The molecule has 0 aromatic carbocycles. The molecule has 2 saturated heterocycles. The summed E-state index contributed by atoms with van der Waals surface area (Å²) in [7, 11) is 1.60. The van der Waals surface area contributed by atoms with E-state index in [0.29, 0.717) is 0 Å². The van der Waals surface area contributed by atoms with Crippen molar-refractivity contribution in [3.63, 3.8) is 0 Å². The Bertz CT molecular complexity index is 228. The Morgan fingerprint density at radius 1 is 1.46 bits per heavy atom. The number of oxime groups is 1. The van der Waals surface area contributed by atoms with Crippen molar-refractivity contribution < 1.29 is 4.84 Å². The minimum absolute atomic E-state index is 0.272. The topological polar surface area (TPSA) is 24.8 Å². The van der Waals surface area contributed by atoms with Crippen molar-refractivity contribution in [3.05, 3.63) is 0 Å². The molecule has 13 heavy (non-hydrogen) atoms. The van der Waals surface area contributed by atoms with Crippen LogP contribution < -0.4 is 0 Å². The first-order valence-corrected chi connectivity index (χ1v) is 5.56. The minimum atomic E-state index is 0.272. The zero-order valence-electron chi connectivity index (χ0n) is 7.92. The Morgan fingerprint density at radius 3 is 3.08 bits per heavy atom. The molecule has 0 N–H and O–H groups in total. The van der Waals surface area contributed by atoms with E-state index < -0.39 is 0 Å². The van der Waals surface area contributed by atoms with E-state index in [4.69, 9.17) is 4.84 Å². The fraction of sp³-hybridized carbons (Fsp3) is 0.889. The first-order valence-electron chi connectivity index (χ1n) is 4.76. The molecule has 74 valence electrons. The summed E-state index contributed by atoms with van der Waals surface area (Å²) in [5.74, 6) is 0. The van der Waals surface area contributed by atoms with Gasteiger partial charge in [0.2, 0.25) is 0 Å². The third kappa shape index (κ3) is 1.62. The van der Waals surface area contributed by atoms with Crippen LogP contribution in [0.3, 0.4) is 0 Å². The van der Waals surface area contributed by atoms with Gasteiger partial charge in [-0.25, -0.2) is 0 Å². The normalized spacial score (nSPS) is 39.2. The number of hydrogen-bond donors (Lipinski definition) is 0. The highest BCUT2D eigenvalue weighted by Crippen LogP contribution is 2.42. The van der Waals surface area contributed by atoms with Crippen LogP contribution in [0.25, 0.3) is 0 Å². The van der Waals surface area contributed by atoms with E-state index in [-0.39, 0.29) is 5.41 Å². The molecule has 2 unspecified atom stereocenters. The number of hydrogen-bond acceptors (Lipinski definition) is 3. The van der Waals surface area contributed by atoms with Crippen molar-refractivity contribution in [1.29, 1.82) is 0 Å². The van der Waals surface area contributed by atoms with Gasteiger partial charge in [-0.05, 0) is 48.3 Å². The molecule has 0 aromatic rings. The van der Waals surface area contributed by atoms with Crippen molar-refractivity contribution in [2.45, 2.75) is 19.3 Å². The average molecular weight is 247 g/mol. The Morgan fingerprint density at radius 2 is 2.31 bits per heavy atom. The van der Waals surface area contributed by atoms with Gasteiger partial charge in [0, 0.05) is 12.0 Å². The van der Waals surface area contributed by atoms with Crippen LogP contribution in [-0.2, 0) is 4.84 Å². The Balaban J connectivity index is 2.15. The van der Waals surface area contributed by atoms with Gasteiger partial charge in [-0.2, -0.15) is 0 Å². The lowest BCUT2D eigenvalue weighted by Crippen LogP contribution is -2.37. The van der Waals surface area contributed by atoms with Crippen LogP contribution in [0.15, 0.2) is 5.16 Å². The zero-order valence-corrected chi connectivity index (χ0v) is 9.51. The summed E-state index contributed by atoms with van der Waals surface area (Å²) >= 11 is 3.54. The molecule has 2 atom stereocenters. The lowest BCUT2D eigenvalue weighted by atomic mass is 9.82. The van der Waals surface area contributed by atoms with E-state index in [1.54, 1.807) is 7.11 Å². The van der Waals surface area contributed by atoms with Gasteiger partial charge in [-0.1, -0.05) is 5.16 Å². The second-order valence-electron chi connectivity index (χ2n) is 3.97. The average Bonchev–Trinajstić information content (AvgIpc) is 2.44. The summed E-state index contributed by atoms with van der Waals surface area (Å²) in [5, 5.41) is 4.02.